The molecule has 0 bridgehead atoms. The van der Waals surface area contributed by atoms with Crippen molar-refractivity contribution in [1.29, 1.82) is 5.26 Å². The largest absolute Gasteiger partial charge is 0.302 e. The maximum absolute atomic E-state index is 13.8. The summed E-state index contributed by atoms with van der Waals surface area (Å²) in [6.45, 7) is 3.69. The Morgan fingerprint density at radius 2 is 2.12 bits per heavy atom. The molecule has 0 amide bonds. The summed E-state index contributed by atoms with van der Waals surface area (Å²) < 4.78 is 13.8. The van der Waals surface area contributed by atoms with Crippen molar-refractivity contribution in [3.63, 3.8) is 0 Å². The van der Waals surface area contributed by atoms with Crippen LogP contribution in [0.2, 0.25) is 0 Å². The third kappa shape index (κ3) is 4.16. The third-order valence-electron chi connectivity index (χ3n) is 2.78. The van der Waals surface area contributed by atoms with Gasteiger partial charge in [0.2, 0.25) is 0 Å². The summed E-state index contributed by atoms with van der Waals surface area (Å²) in [5, 5.41) is 8.75. The molecule has 0 unspecified atom stereocenters. The number of hydrogen-bond donors (Lipinski definition) is 0. The Morgan fingerprint density at radius 1 is 1.35 bits per heavy atom. The van der Waals surface area contributed by atoms with Gasteiger partial charge in [0.15, 0.2) is 0 Å². The second kappa shape index (κ2) is 7.03. The molecule has 0 saturated carbocycles. The highest BCUT2D eigenvalue weighted by Crippen LogP contribution is 2.14. The summed E-state index contributed by atoms with van der Waals surface area (Å²) >= 11 is 0. The summed E-state index contributed by atoms with van der Waals surface area (Å²) in [6.07, 6.45) is 3.52. The van der Waals surface area contributed by atoms with Gasteiger partial charge in [0.25, 0.3) is 0 Å². The van der Waals surface area contributed by atoms with E-state index in [2.05, 4.69) is 11.8 Å². The van der Waals surface area contributed by atoms with Gasteiger partial charge < -0.3 is 4.90 Å². The normalized spacial score (nSPS) is 10.5. The molecule has 1 aromatic rings. The lowest BCUT2D eigenvalue weighted by Gasteiger charge is -2.17. The Hall–Kier alpha value is -1.40. The summed E-state index contributed by atoms with van der Waals surface area (Å²) in [4.78, 5) is 2.09. The Labute approximate surface area is 103 Å². The molecule has 2 nitrogen and oxygen atoms in total. The van der Waals surface area contributed by atoms with E-state index >= 15 is 0 Å². The summed E-state index contributed by atoms with van der Waals surface area (Å²) in [6, 6.07) is 6.85. The molecule has 0 aliphatic carbocycles. The van der Waals surface area contributed by atoms with Gasteiger partial charge in [-0.3, -0.25) is 0 Å². The van der Waals surface area contributed by atoms with E-state index in [0.29, 0.717) is 12.1 Å². The molecule has 0 saturated heterocycles. The first kappa shape index (κ1) is 13.7. The molecule has 1 rings (SSSR count). The highest BCUT2D eigenvalue weighted by Gasteiger charge is 2.09. The minimum atomic E-state index is -0.377. The molecule has 3 heteroatoms. The van der Waals surface area contributed by atoms with Crippen molar-refractivity contribution in [2.45, 2.75) is 32.7 Å². The van der Waals surface area contributed by atoms with E-state index < -0.39 is 0 Å². The maximum Gasteiger partial charge on any atom is 0.145 e. The molecule has 0 radical (unpaired) electrons. The standard InChI is InChI=1S/C14H19FN2/c1-3-4-5-9-17(2)11-13-8-6-7-12(10-16)14(13)15/h6-8H,3-5,9,11H2,1-2H3. The van der Waals surface area contributed by atoms with Crippen LogP contribution in [-0.4, -0.2) is 18.5 Å². The summed E-state index contributed by atoms with van der Waals surface area (Å²) in [7, 11) is 1.98. The van der Waals surface area contributed by atoms with Gasteiger partial charge in [-0.15, -0.1) is 0 Å². The highest BCUT2D eigenvalue weighted by molar-refractivity contribution is 5.34. The maximum atomic E-state index is 13.8. The zero-order chi connectivity index (χ0) is 12.7. The lowest BCUT2D eigenvalue weighted by molar-refractivity contribution is 0.313. The summed E-state index contributed by atoms with van der Waals surface area (Å²) in [5.41, 5.74) is 0.729. The predicted molar refractivity (Wildman–Crippen MR) is 67.0 cm³/mol. The number of nitriles is 1. The molecule has 0 heterocycles. The van der Waals surface area contributed by atoms with Crippen molar-refractivity contribution in [1.82, 2.24) is 4.90 Å². The zero-order valence-electron chi connectivity index (χ0n) is 10.5. The number of hydrogen-bond acceptors (Lipinski definition) is 2. The highest BCUT2D eigenvalue weighted by atomic mass is 19.1. The van der Waals surface area contributed by atoms with Crippen LogP contribution in [0.3, 0.4) is 0 Å². The Bertz CT molecular complexity index is 396. The quantitative estimate of drug-likeness (QED) is 0.706. The van der Waals surface area contributed by atoms with Crippen LogP contribution in [-0.2, 0) is 6.54 Å². The van der Waals surface area contributed by atoms with Gasteiger partial charge in [0, 0.05) is 12.1 Å². The van der Waals surface area contributed by atoms with Gasteiger partial charge in [0.1, 0.15) is 11.9 Å². The lowest BCUT2D eigenvalue weighted by Crippen LogP contribution is -2.20. The van der Waals surface area contributed by atoms with Crippen molar-refractivity contribution in [3.8, 4) is 6.07 Å². The number of rotatable bonds is 6. The first-order valence-corrected chi connectivity index (χ1v) is 6.05. The van der Waals surface area contributed by atoms with E-state index in [1.807, 2.05) is 13.1 Å². The van der Waals surface area contributed by atoms with Gasteiger partial charge in [-0.2, -0.15) is 5.26 Å². The fraction of sp³-hybridized carbons (Fsp3) is 0.500. The molecule has 1 aromatic carbocycles. The van der Waals surface area contributed by atoms with Gasteiger partial charge in [0.05, 0.1) is 5.56 Å². The number of halogens is 1. The fourth-order valence-electron chi connectivity index (χ4n) is 1.79. The van der Waals surface area contributed by atoms with E-state index in [1.165, 1.54) is 18.9 Å². The second-order valence-corrected chi connectivity index (χ2v) is 4.34. The van der Waals surface area contributed by atoms with Crippen molar-refractivity contribution >= 4 is 0 Å². The van der Waals surface area contributed by atoms with Crippen LogP contribution >= 0.6 is 0 Å². The first-order valence-electron chi connectivity index (χ1n) is 6.05. The lowest BCUT2D eigenvalue weighted by atomic mass is 10.1. The van der Waals surface area contributed by atoms with E-state index in [9.17, 15) is 4.39 Å². The number of unbranched alkanes of at least 4 members (excludes halogenated alkanes) is 2. The van der Waals surface area contributed by atoms with Crippen molar-refractivity contribution in [3.05, 3.63) is 35.1 Å². The molecule has 92 valence electrons. The topological polar surface area (TPSA) is 27.0 Å². The van der Waals surface area contributed by atoms with Crippen LogP contribution in [0.25, 0.3) is 0 Å². The molecule has 17 heavy (non-hydrogen) atoms. The van der Waals surface area contributed by atoms with Gasteiger partial charge >= 0.3 is 0 Å². The average Bonchev–Trinajstić information content (AvgIpc) is 2.32. The molecule has 0 atom stereocenters. The molecular formula is C14H19FN2. The molecule has 0 aliphatic rings. The monoisotopic (exact) mass is 234 g/mol. The van der Waals surface area contributed by atoms with Crippen molar-refractivity contribution in [2.75, 3.05) is 13.6 Å². The van der Waals surface area contributed by atoms with Crippen LogP contribution in [0.5, 0.6) is 0 Å². The average molecular weight is 234 g/mol. The molecule has 0 N–H and O–H groups in total. The van der Waals surface area contributed by atoms with Gasteiger partial charge in [-0.25, -0.2) is 4.39 Å². The van der Waals surface area contributed by atoms with Crippen LogP contribution in [0.4, 0.5) is 4.39 Å². The van der Waals surface area contributed by atoms with Crippen LogP contribution in [0, 0.1) is 17.1 Å². The van der Waals surface area contributed by atoms with Crippen LogP contribution < -0.4 is 0 Å². The summed E-state index contributed by atoms with van der Waals surface area (Å²) in [5.74, 6) is -0.377. The Morgan fingerprint density at radius 3 is 2.76 bits per heavy atom. The van der Waals surface area contributed by atoms with Crippen molar-refractivity contribution < 1.29 is 4.39 Å². The third-order valence-corrected chi connectivity index (χ3v) is 2.78. The van der Waals surface area contributed by atoms with E-state index in [4.69, 9.17) is 5.26 Å². The van der Waals surface area contributed by atoms with E-state index in [1.54, 1.807) is 12.1 Å². The number of nitrogens with zero attached hydrogens (tertiary/aromatic N) is 2. The van der Waals surface area contributed by atoms with Crippen molar-refractivity contribution in [2.24, 2.45) is 0 Å². The zero-order valence-corrected chi connectivity index (χ0v) is 10.5. The predicted octanol–water partition coefficient (Wildman–Crippen LogP) is 3.32. The Kier molecular flexibility index (Phi) is 5.65. The first-order chi connectivity index (χ1) is 8.19. The SMILES string of the molecule is CCCCCN(C)Cc1cccc(C#N)c1F. The van der Waals surface area contributed by atoms with E-state index in [0.717, 1.165) is 13.0 Å². The van der Waals surface area contributed by atoms with E-state index in [-0.39, 0.29) is 11.4 Å². The molecule has 0 fully saturated rings. The minimum Gasteiger partial charge on any atom is -0.302 e. The second-order valence-electron chi connectivity index (χ2n) is 4.34. The minimum absolute atomic E-state index is 0.129. The van der Waals surface area contributed by atoms with Gasteiger partial charge in [-0.05, 0) is 26.1 Å². The van der Waals surface area contributed by atoms with Gasteiger partial charge in [-0.1, -0.05) is 31.9 Å². The Balaban J connectivity index is 2.59. The fourth-order valence-corrected chi connectivity index (χ4v) is 1.79. The molecular weight excluding hydrogens is 215 g/mol. The van der Waals surface area contributed by atoms with Crippen LogP contribution in [0.15, 0.2) is 18.2 Å². The van der Waals surface area contributed by atoms with Crippen LogP contribution in [0.1, 0.15) is 37.3 Å². The smallest absolute Gasteiger partial charge is 0.145 e. The molecule has 0 spiro atoms. The molecule has 0 aliphatic heterocycles. The molecule has 0 aromatic heterocycles. The number of benzene rings is 1.